The molecule has 0 spiro atoms. The van der Waals surface area contributed by atoms with Gasteiger partial charge in [0.1, 0.15) is 5.54 Å². The van der Waals surface area contributed by atoms with Gasteiger partial charge in [0.2, 0.25) is 5.91 Å². The molecule has 1 saturated heterocycles. The molecular formula is C27H36N4O. The normalized spacial score (nSPS) is 31.0. The van der Waals surface area contributed by atoms with Gasteiger partial charge in [-0.3, -0.25) is 14.7 Å². The van der Waals surface area contributed by atoms with E-state index < -0.39 is 5.54 Å². The zero-order valence-corrected chi connectivity index (χ0v) is 19.3. The Morgan fingerprint density at radius 1 is 1.25 bits per heavy atom. The summed E-state index contributed by atoms with van der Waals surface area (Å²) >= 11 is 0. The summed E-state index contributed by atoms with van der Waals surface area (Å²) in [6, 6.07) is 15.1. The van der Waals surface area contributed by atoms with E-state index in [4.69, 9.17) is 10.7 Å². The predicted molar refractivity (Wildman–Crippen MR) is 131 cm³/mol. The van der Waals surface area contributed by atoms with Crippen molar-refractivity contribution in [1.29, 1.82) is 0 Å². The fourth-order valence-electron chi connectivity index (χ4n) is 6.67. The summed E-state index contributed by atoms with van der Waals surface area (Å²) < 4.78 is 0. The SMILES string of the molecule is CC(C)C[C@H]1[C@H]2[C@@H]3C=N[C@@]1(C(=O)NCc1cccc4ccccc14)C[C@@H]3CN2CCCN. The van der Waals surface area contributed by atoms with Crippen molar-refractivity contribution in [2.24, 2.45) is 34.4 Å². The van der Waals surface area contributed by atoms with E-state index in [2.05, 4.69) is 72.7 Å². The Bertz CT molecular complexity index is 1010. The Labute approximate surface area is 191 Å². The molecule has 0 unspecified atom stereocenters. The van der Waals surface area contributed by atoms with Crippen molar-refractivity contribution in [2.45, 2.75) is 51.2 Å². The Morgan fingerprint density at radius 2 is 2.06 bits per heavy atom. The van der Waals surface area contributed by atoms with Crippen LogP contribution in [0, 0.1) is 23.7 Å². The smallest absolute Gasteiger partial charge is 0.248 e. The van der Waals surface area contributed by atoms with Crippen LogP contribution in [0.4, 0.5) is 0 Å². The van der Waals surface area contributed by atoms with E-state index in [1.54, 1.807) is 0 Å². The minimum atomic E-state index is -0.629. The van der Waals surface area contributed by atoms with Gasteiger partial charge in [-0.1, -0.05) is 56.3 Å². The third kappa shape index (κ3) is 3.56. The second-order valence-electron chi connectivity index (χ2n) is 10.4. The molecule has 5 atom stereocenters. The quantitative estimate of drug-likeness (QED) is 0.669. The molecule has 5 nitrogen and oxygen atoms in total. The number of likely N-dealkylation sites (tertiary alicyclic amines) is 1. The number of carbonyl (C=O) groups excluding carboxylic acids is 1. The molecule has 5 heteroatoms. The van der Waals surface area contributed by atoms with Gasteiger partial charge in [-0.15, -0.1) is 0 Å². The maximum absolute atomic E-state index is 13.9. The van der Waals surface area contributed by atoms with Crippen LogP contribution >= 0.6 is 0 Å². The molecule has 0 radical (unpaired) electrons. The molecule has 2 fully saturated rings. The lowest BCUT2D eigenvalue weighted by Crippen LogP contribution is -2.63. The molecule has 0 aromatic heterocycles. The minimum absolute atomic E-state index is 0.112. The van der Waals surface area contributed by atoms with Gasteiger partial charge in [-0.05, 0) is 60.5 Å². The van der Waals surface area contributed by atoms with Crippen molar-refractivity contribution in [2.75, 3.05) is 19.6 Å². The standard InChI is InChI=1S/C27H36N4O/c1-18(2)13-24-25-23-16-30-27(24,14-21(23)17-31(25)12-6-11-28)26(32)29-15-20-9-5-8-19-7-3-4-10-22(19)20/h3-5,7-10,16,18,21,23-25H,6,11-15,17,28H2,1-2H3,(H,29,32)/t21-,23-,24+,25-,27+/m1/s1. The van der Waals surface area contributed by atoms with Crippen LogP contribution < -0.4 is 11.1 Å². The van der Waals surface area contributed by atoms with Crippen molar-refractivity contribution in [3.05, 3.63) is 48.0 Å². The van der Waals surface area contributed by atoms with Crippen molar-refractivity contribution < 1.29 is 4.79 Å². The largest absolute Gasteiger partial charge is 0.350 e. The second kappa shape index (κ2) is 8.60. The van der Waals surface area contributed by atoms with Crippen LogP contribution in [0.2, 0.25) is 0 Å². The van der Waals surface area contributed by atoms with Gasteiger partial charge < -0.3 is 11.1 Å². The summed E-state index contributed by atoms with van der Waals surface area (Å²) in [4.78, 5) is 21.5. The number of fused-ring (bicyclic) bond motifs is 1. The van der Waals surface area contributed by atoms with E-state index >= 15 is 0 Å². The van der Waals surface area contributed by atoms with Crippen molar-refractivity contribution in [3.63, 3.8) is 0 Å². The van der Waals surface area contributed by atoms with Crippen molar-refractivity contribution in [1.82, 2.24) is 10.2 Å². The number of rotatable bonds is 8. The van der Waals surface area contributed by atoms with Gasteiger partial charge in [0.05, 0.1) is 0 Å². The first-order valence-corrected chi connectivity index (χ1v) is 12.3. The number of carbonyl (C=O) groups is 1. The van der Waals surface area contributed by atoms with Gasteiger partial charge in [0.15, 0.2) is 0 Å². The van der Waals surface area contributed by atoms with Crippen LogP contribution in [0.5, 0.6) is 0 Å². The molecule has 4 bridgehead atoms. The number of nitrogens with two attached hydrogens (primary N) is 1. The van der Waals surface area contributed by atoms with Gasteiger partial charge in [0.25, 0.3) is 0 Å². The summed E-state index contributed by atoms with van der Waals surface area (Å²) in [5.74, 6) is 1.93. The van der Waals surface area contributed by atoms with Crippen molar-refractivity contribution >= 4 is 22.9 Å². The minimum Gasteiger partial charge on any atom is -0.350 e. The highest BCUT2D eigenvalue weighted by atomic mass is 16.2. The number of hydrogen-bond acceptors (Lipinski definition) is 4. The number of benzene rings is 2. The first kappa shape index (κ1) is 21.6. The van der Waals surface area contributed by atoms with E-state index in [9.17, 15) is 4.79 Å². The summed E-state index contributed by atoms with van der Waals surface area (Å²) in [7, 11) is 0. The fraction of sp³-hybridized carbons (Fsp3) is 0.556. The average molecular weight is 433 g/mol. The molecule has 3 aliphatic heterocycles. The first-order chi connectivity index (χ1) is 15.5. The number of aliphatic imine (C=N–C) groups is 1. The molecule has 2 aromatic rings. The highest BCUT2D eigenvalue weighted by Crippen LogP contribution is 2.54. The summed E-state index contributed by atoms with van der Waals surface area (Å²) in [5, 5.41) is 5.73. The molecule has 1 aliphatic carbocycles. The maximum atomic E-state index is 13.9. The van der Waals surface area contributed by atoms with E-state index in [-0.39, 0.29) is 11.8 Å². The topological polar surface area (TPSA) is 70.7 Å². The Morgan fingerprint density at radius 3 is 2.88 bits per heavy atom. The lowest BCUT2D eigenvalue weighted by molar-refractivity contribution is -0.132. The van der Waals surface area contributed by atoms with Gasteiger partial charge >= 0.3 is 0 Å². The highest BCUT2D eigenvalue weighted by molar-refractivity contribution is 5.92. The fourth-order valence-corrected chi connectivity index (χ4v) is 6.67. The van der Waals surface area contributed by atoms with E-state index in [0.717, 1.165) is 44.5 Å². The molecule has 3 N–H and O–H groups in total. The highest BCUT2D eigenvalue weighted by Gasteiger charge is 2.63. The van der Waals surface area contributed by atoms with Crippen LogP contribution in [0.25, 0.3) is 10.8 Å². The molecule has 2 aromatic carbocycles. The summed E-state index contributed by atoms with van der Waals surface area (Å²) in [6.07, 6.45) is 5.06. The molecule has 170 valence electrons. The van der Waals surface area contributed by atoms with Crippen LogP contribution in [-0.4, -0.2) is 48.2 Å². The average Bonchev–Trinajstić information content (AvgIpc) is 3.11. The lowest BCUT2D eigenvalue weighted by atomic mass is 9.59. The summed E-state index contributed by atoms with van der Waals surface area (Å²) in [5.41, 5.74) is 6.36. The van der Waals surface area contributed by atoms with E-state index in [1.165, 1.54) is 10.8 Å². The third-order valence-corrected chi connectivity index (χ3v) is 7.99. The zero-order valence-electron chi connectivity index (χ0n) is 19.3. The number of nitrogens with one attached hydrogen (secondary N) is 1. The van der Waals surface area contributed by atoms with Gasteiger partial charge in [-0.2, -0.15) is 0 Å². The number of nitrogens with zero attached hydrogens (tertiary/aromatic N) is 2. The van der Waals surface area contributed by atoms with Crippen LogP contribution in [0.15, 0.2) is 47.5 Å². The number of hydrogen-bond donors (Lipinski definition) is 2. The zero-order chi connectivity index (χ0) is 22.3. The van der Waals surface area contributed by atoms with Gasteiger partial charge in [0, 0.05) is 37.2 Å². The molecular weight excluding hydrogens is 396 g/mol. The van der Waals surface area contributed by atoms with Crippen molar-refractivity contribution in [3.8, 4) is 0 Å². The van der Waals surface area contributed by atoms with E-state index in [0.29, 0.717) is 30.3 Å². The van der Waals surface area contributed by atoms with E-state index in [1.807, 2.05) is 0 Å². The molecule has 4 aliphatic rings. The molecule has 3 heterocycles. The third-order valence-electron chi connectivity index (χ3n) is 7.99. The second-order valence-corrected chi connectivity index (χ2v) is 10.4. The van der Waals surface area contributed by atoms with Gasteiger partial charge in [-0.25, -0.2) is 0 Å². The lowest BCUT2D eigenvalue weighted by Gasteiger charge is -2.51. The Balaban J connectivity index is 1.41. The molecule has 32 heavy (non-hydrogen) atoms. The van der Waals surface area contributed by atoms with Crippen LogP contribution in [0.3, 0.4) is 0 Å². The van der Waals surface area contributed by atoms with Crippen LogP contribution in [0.1, 0.15) is 38.7 Å². The molecule has 1 amide bonds. The predicted octanol–water partition coefficient (Wildman–Crippen LogP) is 3.61. The summed E-state index contributed by atoms with van der Waals surface area (Å²) in [6.45, 7) is 7.91. The molecule has 1 saturated carbocycles. The Kier molecular flexibility index (Phi) is 5.81. The molecule has 6 rings (SSSR count). The van der Waals surface area contributed by atoms with Crippen LogP contribution in [-0.2, 0) is 11.3 Å². The maximum Gasteiger partial charge on any atom is 0.248 e. The Hall–Kier alpha value is -2.24. The monoisotopic (exact) mass is 432 g/mol. The number of amides is 1. The first-order valence-electron chi connectivity index (χ1n) is 12.3.